The lowest BCUT2D eigenvalue weighted by Gasteiger charge is -2.09. The van der Waals surface area contributed by atoms with Gasteiger partial charge in [-0.25, -0.2) is 0 Å². The maximum atomic E-state index is 10.9. The van der Waals surface area contributed by atoms with E-state index in [0.717, 1.165) is 17.4 Å². The highest BCUT2D eigenvalue weighted by Gasteiger charge is 2.07. The molecule has 0 amide bonds. The zero-order valence-electron chi connectivity index (χ0n) is 10.0. The summed E-state index contributed by atoms with van der Waals surface area (Å²) in [6.07, 6.45) is 0.793. The van der Waals surface area contributed by atoms with Crippen molar-refractivity contribution in [3.05, 3.63) is 53.1 Å². The predicted octanol–water partition coefficient (Wildman–Crippen LogP) is 3.37. The Morgan fingerprint density at radius 2 is 1.71 bits per heavy atom. The number of para-hydroxylation sites is 1. The fraction of sp³-hybridized carbons (Fsp3) is 0.133. The number of hydrogen-bond donors (Lipinski definition) is 1. The second-order valence-corrected chi connectivity index (χ2v) is 4.30. The van der Waals surface area contributed by atoms with Crippen LogP contribution < -0.4 is 5.73 Å². The van der Waals surface area contributed by atoms with E-state index in [9.17, 15) is 4.79 Å². The summed E-state index contributed by atoms with van der Waals surface area (Å²) >= 11 is 0. The van der Waals surface area contributed by atoms with Crippen LogP contribution in [0.2, 0.25) is 0 Å². The lowest BCUT2D eigenvalue weighted by Crippen LogP contribution is -1.96. The average molecular weight is 225 g/mol. The highest BCUT2D eigenvalue weighted by molar-refractivity contribution is 5.91. The van der Waals surface area contributed by atoms with Crippen LogP contribution in [-0.2, 0) is 0 Å². The topological polar surface area (TPSA) is 43.1 Å². The summed E-state index contributed by atoms with van der Waals surface area (Å²) in [5, 5.41) is 0. The van der Waals surface area contributed by atoms with Crippen molar-refractivity contribution >= 4 is 12.0 Å². The molecule has 0 unspecified atom stereocenters. The monoisotopic (exact) mass is 225 g/mol. The van der Waals surface area contributed by atoms with Crippen LogP contribution in [0.15, 0.2) is 36.4 Å². The van der Waals surface area contributed by atoms with Crippen LogP contribution in [0, 0.1) is 13.8 Å². The highest BCUT2D eigenvalue weighted by atomic mass is 16.1. The van der Waals surface area contributed by atoms with Crippen molar-refractivity contribution in [3.8, 4) is 11.1 Å². The molecule has 0 bridgehead atoms. The summed E-state index contributed by atoms with van der Waals surface area (Å²) in [5.41, 5.74) is 11.4. The Kier molecular flexibility index (Phi) is 2.96. The number of benzene rings is 2. The molecule has 0 heterocycles. The molecule has 0 spiro atoms. The molecule has 2 aromatic rings. The molecule has 0 saturated heterocycles. The van der Waals surface area contributed by atoms with Crippen molar-refractivity contribution in [1.29, 1.82) is 0 Å². The van der Waals surface area contributed by atoms with Gasteiger partial charge in [-0.2, -0.15) is 0 Å². The van der Waals surface area contributed by atoms with Gasteiger partial charge in [0.15, 0.2) is 6.29 Å². The van der Waals surface area contributed by atoms with E-state index in [2.05, 4.69) is 32.0 Å². The van der Waals surface area contributed by atoms with Crippen LogP contribution in [0.4, 0.5) is 5.69 Å². The van der Waals surface area contributed by atoms with Crippen LogP contribution in [0.1, 0.15) is 21.5 Å². The summed E-state index contributed by atoms with van der Waals surface area (Å²) in [7, 11) is 0. The molecular weight excluding hydrogens is 210 g/mol. The number of hydrogen-bond acceptors (Lipinski definition) is 2. The summed E-state index contributed by atoms with van der Waals surface area (Å²) in [4.78, 5) is 10.9. The number of aldehydes is 1. The first-order valence-electron chi connectivity index (χ1n) is 5.54. The van der Waals surface area contributed by atoms with E-state index in [0.29, 0.717) is 11.3 Å². The third-order valence-corrected chi connectivity index (χ3v) is 2.80. The van der Waals surface area contributed by atoms with Crippen molar-refractivity contribution in [2.24, 2.45) is 0 Å². The van der Waals surface area contributed by atoms with Crippen LogP contribution in [0.3, 0.4) is 0 Å². The fourth-order valence-electron chi connectivity index (χ4n) is 2.07. The molecule has 0 radical (unpaired) electrons. The Balaban J connectivity index is 2.64. The number of anilines is 1. The number of carbonyl (C=O) groups excluding carboxylic acids is 1. The first-order valence-corrected chi connectivity index (χ1v) is 5.54. The van der Waals surface area contributed by atoms with E-state index in [4.69, 9.17) is 5.73 Å². The van der Waals surface area contributed by atoms with E-state index in [1.807, 2.05) is 12.1 Å². The van der Waals surface area contributed by atoms with Gasteiger partial charge in [0.25, 0.3) is 0 Å². The van der Waals surface area contributed by atoms with Gasteiger partial charge in [-0.05, 0) is 25.5 Å². The third kappa shape index (κ3) is 2.21. The van der Waals surface area contributed by atoms with E-state index in [1.165, 1.54) is 11.1 Å². The summed E-state index contributed by atoms with van der Waals surface area (Å²) in [6, 6.07) is 11.8. The normalized spacial score (nSPS) is 10.2. The van der Waals surface area contributed by atoms with Gasteiger partial charge in [0.2, 0.25) is 0 Å². The molecule has 2 rings (SSSR count). The molecule has 0 aromatic heterocycles. The molecule has 0 fully saturated rings. The summed E-state index contributed by atoms with van der Waals surface area (Å²) in [6.45, 7) is 4.10. The maximum absolute atomic E-state index is 10.9. The maximum Gasteiger partial charge on any atom is 0.152 e. The first-order chi connectivity index (χ1) is 8.11. The van der Waals surface area contributed by atoms with Crippen molar-refractivity contribution in [2.75, 3.05) is 5.73 Å². The predicted molar refractivity (Wildman–Crippen MR) is 71.2 cm³/mol. The van der Waals surface area contributed by atoms with Gasteiger partial charge >= 0.3 is 0 Å². The Labute approximate surface area is 101 Å². The Morgan fingerprint density at radius 3 is 2.29 bits per heavy atom. The highest BCUT2D eigenvalue weighted by Crippen LogP contribution is 2.29. The zero-order valence-corrected chi connectivity index (χ0v) is 10.0. The number of rotatable bonds is 2. The number of nitrogens with two attached hydrogens (primary N) is 1. The lowest BCUT2D eigenvalue weighted by atomic mass is 9.97. The lowest BCUT2D eigenvalue weighted by molar-refractivity contribution is 0.112. The van der Waals surface area contributed by atoms with Crippen LogP contribution in [-0.4, -0.2) is 6.29 Å². The van der Waals surface area contributed by atoms with Crippen molar-refractivity contribution < 1.29 is 4.79 Å². The number of carbonyl (C=O) groups is 1. The summed E-state index contributed by atoms with van der Waals surface area (Å²) < 4.78 is 0. The quantitative estimate of drug-likeness (QED) is 0.629. The molecule has 2 N–H and O–H groups in total. The largest absolute Gasteiger partial charge is 0.398 e. The molecule has 0 aliphatic heterocycles. The molecule has 2 heteroatoms. The minimum absolute atomic E-state index is 0.543. The van der Waals surface area contributed by atoms with Gasteiger partial charge in [0, 0.05) is 16.8 Å². The molecule has 17 heavy (non-hydrogen) atoms. The molecule has 0 atom stereocenters. The molecule has 0 aliphatic carbocycles. The van der Waals surface area contributed by atoms with Crippen molar-refractivity contribution in [3.63, 3.8) is 0 Å². The van der Waals surface area contributed by atoms with E-state index < -0.39 is 0 Å². The van der Waals surface area contributed by atoms with Gasteiger partial charge in [-0.3, -0.25) is 4.79 Å². The van der Waals surface area contributed by atoms with Gasteiger partial charge in [0.1, 0.15) is 0 Å². The van der Waals surface area contributed by atoms with Gasteiger partial charge in [-0.1, -0.05) is 41.5 Å². The Bertz CT molecular complexity index is 553. The molecule has 0 aliphatic rings. The van der Waals surface area contributed by atoms with Crippen molar-refractivity contribution in [1.82, 2.24) is 0 Å². The average Bonchev–Trinajstić information content (AvgIpc) is 2.28. The zero-order chi connectivity index (χ0) is 12.4. The molecule has 2 aromatic carbocycles. The minimum Gasteiger partial charge on any atom is -0.398 e. The smallest absolute Gasteiger partial charge is 0.152 e. The van der Waals surface area contributed by atoms with Crippen LogP contribution >= 0.6 is 0 Å². The molecule has 86 valence electrons. The fourth-order valence-corrected chi connectivity index (χ4v) is 2.07. The molecule has 0 saturated carbocycles. The second kappa shape index (κ2) is 4.42. The number of nitrogen functional groups attached to an aromatic ring is 1. The third-order valence-electron chi connectivity index (χ3n) is 2.80. The van der Waals surface area contributed by atoms with Gasteiger partial charge < -0.3 is 5.73 Å². The van der Waals surface area contributed by atoms with Gasteiger partial charge in [0.05, 0.1) is 0 Å². The first kappa shape index (κ1) is 11.4. The molecule has 2 nitrogen and oxygen atoms in total. The second-order valence-electron chi connectivity index (χ2n) is 4.30. The van der Waals surface area contributed by atoms with Crippen LogP contribution in [0.25, 0.3) is 11.1 Å². The van der Waals surface area contributed by atoms with E-state index in [1.54, 1.807) is 6.07 Å². The van der Waals surface area contributed by atoms with Crippen molar-refractivity contribution in [2.45, 2.75) is 13.8 Å². The standard InChI is InChI=1S/C15H15NO/c1-10-6-11(2)8-13(7-10)14-5-3-4-12(9-17)15(14)16/h3-9H,16H2,1-2H3. The van der Waals surface area contributed by atoms with E-state index in [-0.39, 0.29) is 0 Å². The van der Waals surface area contributed by atoms with Gasteiger partial charge in [-0.15, -0.1) is 0 Å². The SMILES string of the molecule is Cc1cc(C)cc(-c2cccc(C=O)c2N)c1. The summed E-state index contributed by atoms with van der Waals surface area (Å²) in [5.74, 6) is 0. The molecular formula is C15H15NO. The number of aryl methyl sites for hydroxylation is 2. The Hall–Kier alpha value is -2.09. The van der Waals surface area contributed by atoms with E-state index >= 15 is 0 Å². The van der Waals surface area contributed by atoms with Crippen LogP contribution in [0.5, 0.6) is 0 Å². The minimum atomic E-state index is 0.543. The Morgan fingerprint density at radius 1 is 1.06 bits per heavy atom.